The lowest BCUT2D eigenvalue weighted by atomic mass is 10.1. The number of fused-ring (bicyclic) bond motifs is 1. The Morgan fingerprint density at radius 3 is 2.49 bits per heavy atom. The Labute approximate surface area is 203 Å². The van der Waals surface area contributed by atoms with Crippen LogP contribution in [0.5, 0.6) is 5.75 Å². The molecule has 1 unspecified atom stereocenters. The van der Waals surface area contributed by atoms with Gasteiger partial charge < -0.3 is 19.8 Å². The standard InChI is InChI=1S/C25H23N3O6S/c1-14(20-10-11-21(35-20)24(31)34-3)28-23(30)18-12-16(6-9-19(18)27-25(28)32)22(29)26-13-15-4-7-17(33-2)8-5-15/h4-12,14H,13H2,1-3H3,(H,26,29)(H,27,32). The summed E-state index contributed by atoms with van der Waals surface area (Å²) < 4.78 is 10.9. The third kappa shape index (κ3) is 4.87. The molecular formula is C25H23N3O6S. The molecule has 0 fully saturated rings. The Bertz CT molecular complexity index is 1520. The highest BCUT2D eigenvalue weighted by molar-refractivity contribution is 7.14. The van der Waals surface area contributed by atoms with Crippen LogP contribution in [-0.2, 0) is 11.3 Å². The van der Waals surface area contributed by atoms with Crippen molar-refractivity contribution >= 4 is 34.1 Å². The quantitative estimate of drug-likeness (QED) is 0.382. The fourth-order valence-electron chi connectivity index (χ4n) is 3.66. The van der Waals surface area contributed by atoms with Gasteiger partial charge in [-0.3, -0.25) is 14.2 Å². The number of nitrogens with zero attached hydrogens (tertiary/aromatic N) is 1. The van der Waals surface area contributed by atoms with E-state index in [1.165, 1.54) is 19.2 Å². The summed E-state index contributed by atoms with van der Waals surface area (Å²) in [5, 5.41) is 3.03. The molecule has 0 saturated heterocycles. The van der Waals surface area contributed by atoms with Crippen molar-refractivity contribution in [1.29, 1.82) is 0 Å². The number of carbonyl (C=O) groups excluding carboxylic acids is 2. The number of hydrogen-bond acceptors (Lipinski definition) is 7. The number of methoxy groups -OCH3 is 2. The molecule has 2 N–H and O–H groups in total. The van der Waals surface area contributed by atoms with E-state index in [1.807, 2.05) is 12.1 Å². The van der Waals surface area contributed by atoms with E-state index in [-0.39, 0.29) is 11.3 Å². The first kappa shape index (κ1) is 24.0. The summed E-state index contributed by atoms with van der Waals surface area (Å²) in [6, 6.07) is 14.5. The number of hydrogen-bond donors (Lipinski definition) is 2. The Balaban J connectivity index is 1.62. The molecule has 0 saturated carbocycles. The van der Waals surface area contributed by atoms with Crippen LogP contribution in [0.25, 0.3) is 10.9 Å². The first-order chi connectivity index (χ1) is 16.8. The van der Waals surface area contributed by atoms with Crippen LogP contribution in [0.15, 0.2) is 64.2 Å². The van der Waals surface area contributed by atoms with Gasteiger partial charge in [0.05, 0.1) is 31.2 Å². The summed E-state index contributed by atoms with van der Waals surface area (Å²) in [4.78, 5) is 54.2. The van der Waals surface area contributed by atoms with Crippen molar-refractivity contribution in [3.8, 4) is 5.75 Å². The van der Waals surface area contributed by atoms with Gasteiger partial charge in [-0.05, 0) is 55.0 Å². The number of amides is 1. The minimum atomic E-state index is -0.633. The van der Waals surface area contributed by atoms with Crippen LogP contribution < -0.4 is 21.3 Å². The Morgan fingerprint density at radius 2 is 1.80 bits per heavy atom. The van der Waals surface area contributed by atoms with Crippen molar-refractivity contribution < 1.29 is 19.1 Å². The van der Waals surface area contributed by atoms with Gasteiger partial charge in [0.15, 0.2) is 0 Å². The first-order valence-electron chi connectivity index (χ1n) is 10.7. The average molecular weight is 494 g/mol. The van der Waals surface area contributed by atoms with Gasteiger partial charge >= 0.3 is 11.7 Å². The van der Waals surface area contributed by atoms with Gasteiger partial charge in [-0.2, -0.15) is 0 Å². The van der Waals surface area contributed by atoms with Crippen LogP contribution in [0.3, 0.4) is 0 Å². The van der Waals surface area contributed by atoms with Crippen LogP contribution in [0, 0.1) is 0 Å². The predicted octanol–water partition coefficient (Wildman–Crippen LogP) is 3.09. The molecule has 4 aromatic rings. The van der Waals surface area contributed by atoms with Crippen LogP contribution in [0.2, 0.25) is 0 Å². The molecule has 9 nitrogen and oxygen atoms in total. The largest absolute Gasteiger partial charge is 0.497 e. The Hall–Kier alpha value is -4.18. The molecule has 0 bridgehead atoms. The van der Waals surface area contributed by atoms with Crippen molar-refractivity contribution in [3.05, 3.63) is 96.3 Å². The molecule has 10 heteroatoms. The highest BCUT2D eigenvalue weighted by Gasteiger charge is 2.20. The monoisotopic (exact) mass is 493 g/mol. The molecule has 0 spiro atoms. The fraction of sp³-hybridized carbons (Fsp3) is 0.200. The third-order valence-corrected chi connectivity index (χ3v) is 6.85. The SMILES string of the molecule is COC(=O)c1ccc(C(C)n2c(=O)[nH]c3ccc(C(=O)NCc4ccc(OC)cc4)cc3c2=O)s1. The summed E-state index contributed by atoms with van der Waals surface area (Å²) in [5.41, 5.74) is 0.395. The molecule has 0 aliphatic heterocycles. The Morgan fingerprint density at radius 1 is 1.06 bits per heavy atom. The minimum absolute atomic E-state index is 0.207. The summed E-state index contributed by atoms with van der Waals surface area (Å²) in [5.74, 6) is -0.120. The molecule has 2 aromatic heterocycles. The van der Waals surface area contributed by atoms with Crippen molar-refractivity contribution in [3.63, 3.8) is 0 Å². The van der Waals surface area contributed by atoms with Crippen molar-refractivity contribution in [1.82, 2.24) is 14.9 Å². The molecule has 1 amide bonds. The normalized spacial score (nSPS) is 11.7. The van der Waals surface area contributed by atoms with Gasteiger partial charge in [0, 0.05) is 17.0 Å². The maximum atomic E-state index is 13.3. The molecule has 1 atom stereocenters. The molecule has 2 aromatic carbocycles. The van der Waals surface area contributed by atoms with Crippen LogP contribution in [0.4, 0.5) is 0 Å². The zero-order valence-corrected chi connectivity index (χ0v) is 20.1. The number of aromatic nitrogens is 2. The van der Waals surface area contributed by atoms with Gasteiger partial charge in [-0.25, -0.2) is 9.59 Å². The topological polar surface area (TPSA) is 119 Å². The summed E-state index contributed by atoms with van der Waals surface area (Å²) in [6.07, 6.45) is 0. The van der Waals surface area contributed by atoms with Crippen molar-refractivity contribution in [2.24, 2.45) is 0 Å². The molecular weight excluding hydrogens is 470 g/mol. The number of carbonyl (C=O) groups is 2. The maximum Gasteiger partial charge on any atom is 0.348 e. The molecule has 180 valence electrons. The second-order valence-corrected chi connectivity index (χ2v) is 8.88. The van der Waals surface area contributed by atoms with Crippen molar-refractivity contribution in [2.75, 3.05) is 14.2 Å². The molecule has 0 aliphatic carbocycles. The second-order valence-electron chi connectivity index (χ2n) is 7.77. The highest BCUT2D eigenvalue weighted by atomic mass is 32.1. The van der Waals surface area contributed by atoms with Gasteiger partial charge in [0.25, 0.3) is 11.5 Å². The molecule has 2 heterocycles. The van der Waals surface area contributed by atoms with Gasteiger partial charge in [-0.1, -0.05) is 12.1 Å². The predicted molar refractivity (Wildman–Crippen MR) is 132 cm³/mol. The smallest absolute Gasteiger partial charge is 0.348 e. The summed E-state index contributed by atoms with van der Waals surface area (Å²) >= 11 is 1.15. The van der Waals surface area contributed by atoms with E-state index in [1.54, 1.807) is 44.4 Å². The molecule has 0 aliphatic rings. The minimum Gasteiger partial charge on any atom is -0.497 e. The number of ether oxygens (including phenoxy) is 2. The van der Waals surface area contributed by atoms with E-state index >= 15 is 0 Å². The number of aromatic amines is 1. The number of nitrogens with one attached hydrogen (secondary N) is 2. The Kier molecular flexibility index (Phi) is 6.83. The van der Waals surface area contributed by atoms with Gasteiger partial charge in [0.2, 0.25) is 0 Å². The van der Waals surface area contributed by atoms with Gasteiger partial charge in [0.1, 0.15) is 10.6 Å². The maximum absolute atomic E-state index is 13.3. The molecule has 0 radical (unpaired) electrons. The zero-order valence-electron chi connectivity index (χ0n) is 19.3. The van der Waals surface area contributed by atoms with Crippen LogP contribution in [0.1, 0.15) is 43.4 Å². The lowest BCUT2D eigenvalue weighted by molar-refractivity contribution is 0.0606. The van der Waals surface area contributed by atoms with E-state index in [4.69, 9.17) is 9.47 Å². The van der Waals surface area contributed by atoms with E-state index in [0.29, 0.717) is 27.4 Å². The fourth-order valence-corrected chi connectivity index (χ4v) is 4.63. The number of thiophene rings is 1. The third-order valence-electron chi connectivity index (χ3n) is 5.62. The van der Waals surface area contributed by atoms with Crippen LogP contribution >= 0.6 is 11.3 Å². The number of H-pyrrole nitrogens is 1. The highest BCUT2D eigenvalue weighted by Crippen LogP contribution is 2.25. The number of rotatable bonds is 7. The first-order valence-corrected chi connectivity index (χ1v) is 11.5. The van der Waals surface area contributed by atoms with Gasteiger partial charge in [-0.15, -0.1) is 11.3 Å². The number of benzene rings is 2. The molecule has 4 rings (SSSR count). The van der Waals surface area contributed by atoms with E-state index < -0.39 is 23.3 Å². The van der Waals surface area contributed by atoms with Crippen LogP contribution in [-0.4, -0.2) is 35.6 Å². The van der Waals surface area contributed by atoms with E-state index in [0.717, 1.165) is 27.2 Å². The lowest BCUT2D eigenvalue weighted by Gasteiger charge is -2.13. The second kappa shape index (κ2) is 9.98. The van der Waals surface area contributed by atoms with E-state index in [2.05, 4.69) is 10.3 Å². The average Bonchev–Trinajstić information content (AvgIpc) is 3.37. The summed E-state index contributed by atoms with van der Waals surface area (Å²) in [7, 11) is 2.87. The zero-order chi connectivity index (χ0) is 25.1. The molecule has 35 heavy (non-hydrogen) atoms. The lowest BCUT2D eigenvalue weighted by Crippen LogP contribution is -2.37. The van der Waals surface area contributed by atoms with Crippen molar-refractivity contribution in [2.45, 2.75) is 19.5 Å². The van der Waals surface area contributed by atoms with E-state index in [9.17, 15) is 19.2 Å². The number of esters is 1. The summed E-state index contributed by atoms with van der Waals surface area (Å²) in [6.45, 7) is 2.00.